The molecule has 0 saturated heterocycles. The lowest BCUT2D eigenvalue weighted by atomic mass is 10.1. The number of nitrogens with zero attached hydrogens (tertiary/aromatic N) is 4. The number of halogens is 1. The van der Waals surface area contributed by atoms with Gasteiger partial charge in [-0.25, -0.2) is 4.98 Å². The fourth-order valence-corrected chi connectivity index (χ4v) is 2.67. The average molecular weight is 307 g/mol. The van der Waals surface area contributed by atoms with E-state index in [0.29, 0.717) is 0 Å². The molecule has 0 aliphatic carbocycles. The summed E-state index contributed by atoms with van der Waals surface area (Å²) >= 11 is 3.36. The number of fused-ring (bicyclic) bond motifs is 1. The third kappa shape index (κ3) is 2.33. The van der Waals surface area contributed by atoms with Gasteiger partial charge in [-0.1, -0.05) is 6.07 Å². The number of aromatic nitrogens is 3. The van der Waals surface area contributed by atoms with Gasteiger partial charge in [-0.15, -0.1) is 0 Å². The Morgan fingerprint density at radius 2 is 2.22 bits per heavy atom. The van der Waals surface area contributed by atoms with Gasteiger partial charge >= 0.3 is 0 Å². The van der Waals surface area contributed by atoms with Crippen molar-refractivity contribution in [2.45, 2.75) is 19.5 Å². The molecule has 3 heterocycles. The van der Waals surface area contributed by atoms with Gasteiger partial charge in [0.25, 0.3) is 0 Å². The van der Waals surface area contributed by atoms with E-state index in [4.69, 9.17) is 0 Å². The summed E-state index contributed by atoms with van der Waals surface area (Å²) in [6.07, 6.45) is 5.00. The van der Waals surface area contributed by atoms with E-state index in [1.165, 1.54) is 16.8 Å². The molecule has 18 heavy (non-hydrogen) atoms. The van der Waals surface area contributed by atoms with Gasteiger partial charge < -0.3 is 0 Å². The lowest BCUT2D eigenvalue weighted by Crippen LogP contribution is -2.30. The smallest absolute Gasteiger partial charge is 0.106 e. The molecule has 0 spiro atoms. The Morgan fingerprint density at radius 1 is 1.33 bits per heavy atom. The van der Waals surface area contributed by atoms with E-state index in [0.717, 1.165) is 30.7 Å². The minimum absolute atomic E-state index is 0.888. The number of hydrogen-bond acceptors (Lipinski definition) is 3. The molecule has 0 amide bonds. The molecule has 5 heteroatoms. The van der Waals surface area contributed by atoms with Gasteiger partial charge in [0.05, 0.1) is 6.20 Å². The van der Waals surface area contributed by atoms with E-state index in [1.54, 1.807) is 0 Å². The summed E-state index contributed by atoms with van der Waals surface area (Å²) in [7, 11) is 2.02. The van der Waals surface area contributed by atoms with Gasteiger partial charge in [-0.05, 0) is 27.6 Å². The predicted octanol–water partition coefficient (Wildman–Crippen LogP) is 2.14. The Labute approximate surface area is 115 Å². The lowest BCUT2D eigenvalue weighted by Gasteiger charge is -2.26. The fourth-order valence-electron chi connectivity index (χ4n) is 2.44. The van der Waals surface area contributed by atoms with Crippen LogP contribution < -0.4 is 0 Å². The largest absolute Gasteiger partial charge is 0.294 e. The molecule has 2 aromatic rings. The van der Waals surface area contributed by atoms with Crippen molar-refractivity contribution in [3.8, 4) is 0 Å². The Kier molecular flexibility index (Phi) is 3.18. The molecule has 1 aliphatic heterocycles. The summed E-state index contributed by atoms with van der Waals surface area (Å²) in [6, 6.07) is 4.12. The zero-order valence-corrected chi connectivity index (χ0v) is 11.9. The van der Waals surface area contributed by atoms with Crippen molar-refractivity contribution < 1.29 is 0 Å². The Morgan fingerprint density at radius 3 is 3.00 bits per heavy atom. The third-order valence-corrected chi connectivity index (χ3v) is 3.87. The molecule has 0 fully saturated rings. The molecule has 0 atom stereocenters. The van der Waals surface area contributed by atoms with Gasteiger partial charge in [0.15, 0.2) is 0 Å². The molecule has 0 N–H and O–H groups in total. The van der Waals surface area contributed by atoms with Crippen LogP contribution in [0, 0.1) is 0 Å². The van der Waals surface area contributed by atoms with Gasteiger partial charge in [-0.2, -0.15) is 5.10 Å². The van der Waals surface area contributed by atoms with Crippen molar-refractivity contribution in [3.63, 3.8) is 0 Å². The topological polar surface area (TPSA) is 34.0 Å². The summed E-state index contributed by atoms with van der Waals surface area (Å²) in [5.74, 6) is 0. The van der Waals surface area contributed by atoms with Crippen LogP contribution in [0.25, 0.3) is 0 Å². The van der Waals surface area contributed by atoms with E-state index in [2.05, 4.69) is 37.0 Å². The molecule has 0 aromatic carbocycles. The third-order valence-electron chi connectivity index (χ3n) is 3.40. The van der Waals surface area contributed by atoms with Gasteiger partial charge in [0.2, 0.25) is 0 Å². The monoisotopic (exact) mass is 306 g/mol. The molecule has 94 valence electrons. The summed E-state index contributed by atoms with van der Waals surface area (Å²) in [6.45, 7) is 3.02. The lowest BCUT2D eigenvalue weighted by molar-refractivity contribution is 0.242. The zero-order valence-electron chi connectivity index (χ0n) is 10.3. The standard InChI is InChI=1S/C13H15BrN4/c1-17-12-4-5-18(9-11(12)7-16-17)8-10-2-3-13(14)15-6-10/h2-3,6-7H,4-5,8-9H2,1H3. The molecule has 0 radical (unpaired) electrons. The van der Waals surface area contributed by atoms with Crippen LogP contribution in [0.15, 0.2) is 29.1 Å². The van der Waals surface area contributed by atoms with Crippen LogP contribution in [-0.4, -0.2) is 26.2 Å². The average Bonchev–Trinajstić information content (AvgIpc) is 2.74. The second kappa shape index (κ2) is 4.82. The maximum absolute atomic E-state index is 4.32. The molecule has 2 aromatic heterocycles. The van der Waals surface area contributed by atoms with E-state index >= 15 is 0 Å². The molecule has 0 unspecified atom stereocenters. The van der Waals surface area contributed by atoms with E-state index in [-0.39, 0.29) is 0 Å². The molecule has 1 aliphatic rings. The Bertz CT molecular complexity index is 547. The van der Waals surface area contributed by atoms with Gasteiger partial charge in [0.1, 0.15) is 4.60 Å². The van der Waals surface area contributed by atoms with Gasteiger partial charge in [-0.3, -0.25) is 9.58 Å². The second-order valence-corrected chi connectivity index (χ2v) is 5.50. The maximum atomic E-state index is 4.32. The highest BCUT2D eigenvalue weighted by molar-refractivity contribution is 9.10. The van der Waals surface area contributed by atoms with E-state index < -0.39 is 0 Å². The summed E-state index contributed by atoms with van der Waals surface area (Å²) in [5.41, 5.74) is 3.99. The first kappa shape index (κ1) is 11.9. The minimum Gasteiger partial charge on any atom is -0.294 e. The van der Waals surface area contributed by atoms with Crippen molar-refractivity contribution in [1.29, 1.82) is 0 Å². The first-order chi connectivity index (χ1) is 8.72. The molecule has 4 nitrogen and oxygen atoms in total. The summed E-state index contributed by atoms with van der Waals surface area (Å²) in [4.78, 5) is 6.71. The molecule has 3 rings (SSSR count). The zero-order chi connectivity index (χ0) is 12.5. The van der Waals surface area contributed by atoms with Crippen molar-refractivity contribution in [2.75, 3.05) is 6.54 Å². The fraction of sp³-hybridized carbons (Fsp3) is 0.385. The first-order valence-corrected chi connectivity index (χ1v) is 6.84. The van der Waals surface area contributed by atoms with Crippen molar-refractivity contribution >= 4 is 15.9 Å². The Hall–Kier alpha value is -1.20. The van der Waals surface area contributed by atoms with Crippen LogP contribution in [0.5, 0.6) is 0 Å². The number of rotatable bonds is 2. The molecule has 0 saturated carbocycles. The van der Waals surface area contributed by atoms with Crippen molar-refractivity contribution in [3.05, 3.63) is 46.0 Å². The summed E-state index contributed by atoms with van der Waals surface area (Å²) < 4.78 is 2.88. The van der Waals surface area contributed by atoms with E-state index in [9.17, 15) is 0 Å². The van der Waals surface area contributed by atoms with E-state index in [1.807, 2.05) is 30.2 Å². The van der Waals surface area contributed by atoms with Gasteiger partial charge in [0, 0.05) is 50.6 Å². The Balaban J connectivity index is 1.71. The normalized spacial score (nSPS) is 15.7. The quantitative estimate of drug-likeness (QED) is 0.797. The minimum atomic E-state index is 0.888. The molecular formula is C13H15BrN4. The van der Waals surface area contributed by atoms with Crippen LogP contribution in [0.4, 0.5) is 0 Å². The van der Waals surface area contributed by atoms with Crippen LogP contribution in [0.3, 0.4) is 0 Å². The van der Waals surface area contributed by atoms with Crippen LogP contribution in [0.2, 0.25) is 0 Å². The highest BCUT2D eigenvalue weighted by Crippen LogP contribution is 2.19. The van der Waals surface area contributed by atoms with Crippen molar-refractivity contribution in [2.24, 2.45) is 7.05 Å². The van der Waals surface area contributed by atoms with Crippen LogP contribution in [0.1, 0.15) is 16.8 Å². The highest BCUT2D eigenvalue weighted by Gasteiger charge is 2.19. The predicted molar refractivity (Wildman–Crippen MR) is 73.0 cm³/mol. The van der Waals surface area contributed by atoms with Crippen LogP contribution >= 0.6 is 15.9 Å². The molecule has 0 bridgehead atoms. The first-order valence-electron chi connectivity index (χ1n) is 6.05. The summed E-state index contributed by atoms with van der Waals surface area (Å²) in [5, 5.41) is 4.32. The number of aryl methyl sites for hydroxylation is 1. The SMILES string of the molecule is Cn1ncc2c1CCN(Cc1ccc(Br)nc1)C2. The number of pyridine rings is 1. The highest BCUT2D eigenvalue weighted by atomic mass is 79.9. The van der Waals surface area contributed by atoms with Crippen molar-refractivity contribution in [1.82, 2.24) is 19.7 Å². The maximum Gasteiger partial charge on any atom is 0.106 e. The molecular weight excluding hydrogens is 292 g/mol. The number of hydrogen-bond donors (Lipinski definition) is 0. The second-order valence-electron chi connectivity index (χ2n) is 4.69. The van der Waals surface area contributed by atoms with Crippen LogP contribution in [-0.2, 0) is 26.6 Å².